The Kier molecular flexibility index (Phi) is 3.50. The van der Waals surface area contributed by atoms with E-state index in [1.54, 1.807) is 12.1 Å². The molecule has 3 N–H and O–H groups in total. The number of amides is 2. The molecule has 1 aliphatic rings. The summed E-state index contributed by atoms with van der Waals surface area (Å²) in [5.41, 5.74) is 5.67. The van der Waals surface area contributed by atoms with Gasteiger partial charge in [-0.15, -0.1) is 0 Å². The highest BCUT2D eigenvalue weighted by atomic mass is 16.4. The van der Waals surface area contributed by atoms with Crippen molar-refractivity contribution < 1.29 is 19.5 Å². The third-order valence-corrected chi connectivity index (χ3v) is 3.19. The number of rotatable bonds is 3. The van der Waals surface area contributed by atoms with Crippen LogP contribution in [0.25, 0.3) is 0 Å². The monoisotopic (exact) mass is 262 g/mol. The van der Waals surface area contributed by atoms with E-state index in [9.17, 15) is 14.4 Å². The maximum Gasteiger partial charge on any atom is 0.326 e. The molecule has 1 aromatic rings. The molecule has 6 nitrogen and oxygen atoms in total. The Morgan fingerprint density at radius 1 is 1.26 bits per heavy atom. The van der Waals surface area contributed by atoms with Gasteiger partial charge in [-0.2, -0.15) is 0 Å². The number of primary amides is 1. The van der Waals surface area contributed by atoms with Crippen LogP contribution in [-0.2, 0) is 4.79 Å². The van der Waals surface area contributed by atoms with Gasteiger partial charge in [0.15, 0.2) is 0 Å². The Balaban J connectivity index is 2.26. The molecular weight excluding hydrogens is 248 g/mol. The Morgan fingerprint density at radius 3 is 2.58 bits per heavy atom. The summed E-state index contributed by atoms with van der Waals surface area (Å²) in [5.74, 6) is -2.00. The van der Waals surface area contributed by atoms with Crippen LogP contribution in [0.4, 0.5) is 0 Å². The van der Waals surface area contributed by atoms with Gasteiger partial charge in [-0.1, -0.05) is 6.07 Å². The van der Waals surface area contributed by atoms with Crippen LogP contribution >= 0.6 is 0 Å². The highest BCUT2D eigenvalue weighted by Crippen LogP contribution is 2.20. The first-order chi connectivity index (χ1) is 9.00. The Bertz CT molecular complexity index is 541. The molecule has 100 valence electrons. The number of hydrogen-bond acceptors (Lipinski definition) is 3. The normalized spacial score (nSPS) is 18.3. The molecule has 6 heteroatoms. The molecule has 1 atom stereocenters. The molecule has 0 aliphatic carbocycles. The Labute approximate surface area is 109 Å². The average molecular weight is 262 g/mol. The van der Waals surface area contributed by atoms with E-state index in [2.05, 4.69) is 0 Å². The molecule has 1 saturated heterocycles. The van der Waals surface area contributed by atoms with Crippen molar-refractivity contribution in [3.8, 4) is 0 Å². The quantitative estimate of drug-likeness (QED) is 0.827. The number of likely N-dealkylation sites (tertiary alicyclic amines) is 1. The van der Waals surface area contributed by atoms with E-state index in [0.717, 1.165) is 0 Å². The fraction of sp³-hybridized carbons (Fsp3) is 0.308. The van der Waals surface area contributed by atoms with Crippen LogP contribution in [0.5, 0.6) is 0 Å². The van der Waals surface area contributed by atoms with Gasteiger partial charge in [0.1, 0.15) is 6.04 Å². The summed E-state index contributed by atoms with van der Waals surface area (Å²) < 4.78 is 0. The molecule has 1 heterocycles. The molecule has 1 aromatic carbocycles. The van der Waals surface area contributed by atoms with Crippen LogP contribution < -0.4 is 5.73 Å². The summed E-state index contributed by atoms with van der Waals surface area (Å²) in [6.45, 7) is 0.413. The SMILES string of the molecule is NC(=O)c1cccc(C(=O)N2CCCC2C(=O)O)c1. The van der Waals surface area contributed by atoms with Crippen molar-refractivity contribution >= 4 is 17.8 Å². The fourth-order valence-electron chi connectivity index (χ4n) is 2.24. The predicted octanol–water partition coefficient (Wildman–Crippen LogP) is 0.475. The Hall–Kier alpha value is -2.37. The molecule has 1 aliphatic heterocycles. The predicted molar refractivity (Wildman–Crippen MR) is 66.7 cm³/mol. The van der Waals surface area contributed by atoms with E-state index in [4.69, 9.17) is 10.8 Å². The second-order valence-corrected chi connectivity index (χ2v) is 4.44. The summed E-state index contributed by atoms with van der Waals surface area (Å²) in [6.07, 6.45) is 1.12. The number of benzene rings is 1. The molecule has 2 rings (SSSR count). The maximum atomic E-state index is 12.2. The Morgan fingerprint density at radius 2 is 1.95 bits per heavy atom. The van der Waals surface area contributed by atoms with Crippen LogP contribution in [0.15, 0.2) is 24.3 Å². The first-order valence-corrected chi connectivity index (χ1v) is 5.94. The zero-order valence-corrected chi connectivity index (χ0v) is 10.2. The second-order valence-electron chi connectivity index (χ2n) is 4.44. The number of nitrogens with zero attached hydrogens (tertiary/aromatic N) is 1. The van der Waals surface area contributed by atoms with E-state index < -0.39 is 17.9 Å². The largest absolute Gasteiger partial charge is 0.480 e. The van der Waals surface area contributed by atoms with Crippen molar-refractivity contribution in [1.82, 2.24) is 4.90 Å². The fourth-order valence-corrected chi connectivity index (χ4v) is 2.24. The number of nitrogens with two attached hydrogens (primary N) is 1. The minimum Gasteiger partial charge on any atom is -0.480 e. The van der Waals surface area contributed by atoms with Crippen molar-refractivity contribution in [2.75, 3.05) is 6.54 Å². The summed E-state index contributed by atoms with van der Waals surface area (Å²) in [5, 5.41) is 9.05. The lowest BCUT2D eigenvalue weighted by molar-refractivity contribution is -0.141. The summed E-state index contributed by atoms with van der Waals surface area (Å²) in [6, 6.07) is 5.22. The van der Waals surface area contributed by atoms with E-state index in [1.807, 2.05) is 0 Å². The van der Waals surface area contributed by atoms with Gasteiger partial charge in [0, 0.05) is 17.7 Å². The van der Waals surface area contributed by atoms with Gasteiger partial charge in [-0.05, 0) is 31.0 Å². The number of hydrogen-bond donors (Lipinski definition) is 2. The second kappa shape index (κ2) is 5.09. The van der Waals surface area contributed by atoms with Crippen molar-refractivity contribution in [1.29, 1.82) is 0 Å². The van der Waals surface area contributed by atoms with Crippen molar-refractivity contribution in [2.45, 2.75) is 18.9 Å². The molecule has 19 heavy (non-hydrogen) atoms. The van der Waals surface area contributed by atoms with Gasteiger partial charge in [-0.3, -0.25) is 9.59 Å². The third-order valence-electron chi connectivity index (χ3n) is 3.19. The standard InChI is InChI=1S/C13H14N2O4/c14-11(16)8-3-1-4-9(7-8)12(17)15-6-2-5-10(15)13(18)19/h1,3-4,7,10H,2,5-6H2,(H2,14,16)(H,18,19). The van der Waals surface area contributed by atoms with Gasteiger partial charge in [0.2, 0.25) is 5.91 Å². The van der Waals surface area contributed by atoms with Crippen LogP contribution in [0.1, 0.15) is 33.6 Å². The van der Waals surface area contributed by atoms with Crippen LogP contribution in [0, 0.1) is 0 Å². The first-order valence-electron chi connectivity index (χ1n) is 5.94. The van der Waals surface area contributed by atoms with Crippen molar-refractivity contribution in [3.63, 3.8) is 0 Å². The lowest BCUT2D eigenvalue weighted by atomic mass is 10.1. The highest BCUT2D eigenvalue weighted by Gasteiger charge is 2.34. The lowest BCUT2D eigenvalue weighted by Crippen LogP contribution is -2.40. The third kappa shape index (κ3) is 2.57. The maximum absolute atomic E-state index is 12.2. The minimum absolute atomic E-state index is 0.233. The molecular formula is C13H14N2O4. The molecule has 1 unspecified atom stereocenters. The molecule has 0 bridgehead atoms. The van der Waals surface area contributed by atoms with Gasteiger partial charge in [0.25, 0.3) is 5.91 Å². The van der Waals surface area contributed by atoms with Crippen molar-refractivity contribution in [2.24, 2.45) is 5.73 Å². The van der Waals surface area contributed by atoms with Crippen LogP contribution in [-0.4, -0.2) is 40.4 Å². The summed E-state index contributed by atoms with van der Waals surface area (Å²) >= 11 is 0. The van der Waals surface area contributed by atoms with Gasteiger partial charge in [0.05, 0.1) is 0 Å². The molecule has 2 amide bonds. The van der Waals surface area contributed by atoms with E-state index >= 15 is 0 Å². The van der Waals surface area contributed by atoms with E-state index in [-0.39, 0.29) is 17.0 Å². The number of carbonyl (C=O) groups excluding carboxylic acids is 2. The lowest BCUT2D eigenvalue weighted by Gasteiger charge is -2.21. The molecule has 0 radical (unpaired) electrons. The van der Waals surface area contributed by atoms with Gasteiger partial charge < -0.3 is 15.7 Å². The molecule has 0 spiro atoms. The zero-order chi connectivity index (χ0) is 14.0. The van der Waals surface area contributed by atoms with E-state index in [1.165, 1.54) is 17.0 Å². The van der Waals surface area contributed by atoms with Crippen molar-refractivity contribution in [3.05, 3.63) is 35.4 Å². The highest BCUT2D eigenvalue weighted by molar-refractivity contribution is 6.00. The molecule has 0 aromatic heterocycles. The van der Waals surface area contributed by atoms with Gasteiger partial charge >= 0.3 is 5.97 Å². The van der Waals surface area contributed by atoms with Gasteiger partial charge in [-0.25, -0.2) is 4.79 Å². The smallest absolute Gasteiger partial charge is 0.326 e. The van der Waals surface area contributed by atoms with E-state index in [0.29, 0.717) is 19.4 Å². The zero-order valence-electron chi connectivity index (χ0n) is 10.2. The van der Waals surface area contributed by atoms with Crippen LogP contribution in [0.2, 0.25) is 0 Å². The number of carboxylic acid groups (broad SMARTS) is 1. The summed E-state index contributed by atoms with van der Waals surface area (Å²) in [7, 11) is 0. The molecule has 1 fully saturated rings. The minimum atomic E-state index is -1.00. The number of carboxylic acids is 1. The number of aliphatic carboxylic acids is 1. The number of carbonyl (C=O) groups is 3. The van der Waals surface area contributed by atoms with Crippen LogP contribution in [0.3, 0.4) is 0 Å². The first kappa shape index (κ1) is 13.1. The topological polar surface area (TPSA) is 101 Å². The summed E-state index contributed by atoms with van der Waals surface area (Å²) in [4.78, 5) is 35.7. The average Bonchev–Trinajstić information content (AvgIpc) is 2.87. The molecule has 0 saturated carbocycles.